The number of nitrogens with two attached hydrogens (primary N) is 1. The molecule has 0 aliphatic heterocycles. The third-order valence-corrected chi connectivity index (χ3v) is 5.29. The number of nitrogen functional groups attached to an aromatic ring is 1. The second-order valence-electron chi connectivity index (χ2n) is 6.44. The fourth-order valence-electron chi connectivity index (χ4n) is 2.75. The lowest BCUT2D eigenvalue weighted by molar-refractivity contribution is 0.0963. The first-order chi connectivity index (χ1) is 13.0. The maximum absolute atomic E-state index is 11.6. The van der Waals surface area contributed by atoms with Gasteiger partial charge in [0.15, 0.2) is 0 Å². The number of aromatic nitrogens is 1. The van der Waals surface area contributed by atoms with Gasteiger partial charge in [0.2, 0.25) is 0 Å². The highest BCUT2D eigenvalue weighted by Gasteiger charge is 2.08. The summed E-state index contributed by atoms with van der Waals surface area (Å²) in [5, 5.41) is 5.67. The van der Waals surface area contributed by atoms with Crippen LogP contribution in [0.4, 0.5) is 5.69 Å². The summed E-state index contributed by atoms with van der Waals surface area (Å²) in [7, 11) is 1.61. The minimum Gasteiger partial charge on any atom is -0.487 e. The van der Waals surface area contributed by atoms with Crippen LogP contribution in [-0.2, 0) is 13.0 Å². The van der Waals surface area contributed by atoms with Crippen LogP contribution in [0.15, 0.2) is 41.8 Å². The SMILES string of the molecule is CNC(=O)c1ccc(OCc2csc(Cc3cc(C)c(N)cc3C)n2)cc1. The Labute approximate surface area is 163 Å². The molecular formula is C21H23N3O2S. The van der Waals surface area contributed by atoms with Crippen molar-refractivity contribution in [2.24, 2.45) is 0 Å². The van der Waals surface area contributed by atoms with Gasteiger partial charge in [0.05, 0.1) is 10.7 Å². The molecular weight excluding hydrogens is 358 g/mol. The third kappa shape index (κ3) is 4.65. The van der Waals surface area contributed by atoms with E-state index in [9.17, 15) is 4.79 Å². The van der Waals surface area contributed by atoms with Crippen molar-refractivity contribution >= 4 is 22.9 Å². The molecule has 0 aliphatic carbocycles. The Bertz CT molecular complexity index is 949. The van der Waals surface area contributed by atoms with Crippen LogP contribution in [0.2, 0.25) is 0 Å². The van der Waals surface area contributed by atoms with Gasteiger partial charge in [-0.05, 0) is 60.9 Å². The number of anilines is 1. The summed E-state index contributed by atoms with van der Waals surface area (Å²) < 4.78 is 5.78. The minimum absolute atomic E-state index is 0.112. The molecule has 3 N–H and O–H groups in total. The molecule has 0 atom stereocenters. The van der Waals surface area contributed by atoms with Crippen molar-refractivity contribution in [1.82, 2.24) is 10.3 Å². The lowest BCUT2D eigenvalue weighted by atomic mass is 10.0. The molecule has 3 rings (SSSR count). The standard InChI is InChI=1S/C21H23N3O2S/c1-13-9-19(22)14(2)8-16(13)10-20-24-17(12-27-20)11-26-18-6-4-15(5-7-18)21(25)23-3/h4-9,12H,10-11,22H2,1-3H3,(H,23,25). The topological polar surface area (TPSA) is 77.2 Å². The summed E-state index contributed by atoms with van der Waals surface area (Å²) in [6.07, 6.45) is 0.790. The van der Waals surface area contributed by atoms with Crippen molar-refractivity contribution in [3.05, 3.63) is 74.7 Å². The number of nitrogens with one attached hydrogen (secondary N) is 1. The van der Waals surface area contributed by atoms with Gasteiger partial charge in [-0.15, -0.1) is 11.3 Å². The van der Waals surface area contributed by atoms with Crippen LogP contribution in [0.1, 0.15) is 37.7 Å². The van der Waals surface area contributed by atoms with Gasteiger partial charge in [0.1, 0.15) is 12.4 Å². The molecule has 0 bridgehead atoms. The van der Waals surface area contributed by atoms with E-state index in [1.165, 1.54) is 11.1 Å². The number of benzene rings is 2. The molecule has 0 saturated heterocycles. The largest absolute Gasteiger partial charge is 0.487 e. The summed E-state index contributed by atoms with van der Waals surface area (Å²) in [4.78, 5) is 16.2. The average molecular weight is 382 g/mol. The molecule has 0 spiro atoms. The number of rotatable bonds is 6. The van der Waals surface area contributed by atoms with Crippen LogP contribution in [0, 0.1) is 13.8 Å². The highest BCUT2D eigenvalue weighted by molar-refractivity contribution is 7.09. The van der Waals surface area contributed by atoms with Crippen molar-refractivity contribution < 1.29 is 9.53 Å². The van der Waals surface area contributed by atoms with E-state index in [2.05, 4.69) is 23.3 Å². The zero-order valence-corrected chi connectivity index (χ0v) is 16.5. The maximum atomic E-state index is 11.6. The first kappa shape index (κ1) is 18.9. The molecule has 3 aromatic rings. The second kappa shape index (κ2) is 8.22. The summed E-state index contributed by atoms with van der Waals surface area (Å²) in [5.74, 6) is 0.598. The van der Waals surface area contributed by atoms with E-state index in [4.69, 9.17) is 10.5 Å². The number of thiazole rings is 1. The molecule has 1 amide bonds. The number of nitrogens with zero attached hydrogens (tertiary/aromatic N) is 1. The van der Waals surface area contributed by atoms with Crippen molar-refractivity contribution in [2.75, 3.05) is 12.8 Å². The Morgan fingerprint density at radius 2 is 1.93 bits per heavy atom. The van der Waals surface area contributed by atoms with Crippen molar-refractivity contribution in [3.8, 4) is 5.75 Å². The van der Waals surface area contributed by atoms with Crippen LogP contribution in [-0.4, -0.2) is 17.9 Å². The van der Waals surface area contributed by atoms with Crippen molar-refractivity contribution in [1.29, 1.82) is 0 Å². The van der Waals surface area contributed by atoms with Gasteiger partial charge in [-0.1, -0.05) is 6.07 Å². The number of aryl methyl sites for hydroxylation is 2. The van der Waals surface area contributed by atoms with Crippen LogP contribution in [0.5, 0.6) is 5.75 Å². The monoisotopic (exact) mass is 381 g/mol. The maximum Gasteiger partial charge on any atom is 0.251 e. The van der Waals surface area contributed by atoms with Crippen LogP contribution in [0.3, 0.4) is 0 Å². The quantitative estimate of drug-likeness (QED) is 0.636. The molecule has 0 radical (unpaired) electrons. The molecule has 0 saturated carbocycles. The summed E-state index contributed by atoms with van der Waals surface area (Å²) in [6.45, 7) is 4.50. The van der Waals surface area contributed by atoms with E-state index in [1.807, 2.05) is 18.4 Å². The molecule has 1 aromatic heterocycles. The molecule has 5 nitrogen and oxygen atoms in total. The number of hydrogen-bond donors (Lipinski definition) is 2. The first-order valence-electron chi connectivity index (χ1n) is 8.70. The summed E-state index contributed by atoms with van der Waals surface area (Å²) >= 11 is 1.63. The smallest absolute Gasteiger partial charge is 0.251 e. The predicted octanol–water partition coefficient (Wildman–Crippen LogP) is 3.87. The molecule has 140 valence electrons. The molecule has 1 heterocycles. The van der Waals surface area contributed by atoms with Gasteiger partial charge in [-0.25, -0.2) is 4.98 Å². The highest BCUT2D eigenvalue weighted by atomic mass is 32.1. The number of carbonyl (C=O) groups is 1. The minimum atomic E-state index is -0.112. The Kier molecular flexibility index (Phi) is 5.76. The summed E-state index contributed by atoms with van der Waals surface area (Å²) in [6, 6.07) is 11.2. The lowest BCUT2D eigenvalue weighted by Crippen LogP contribution is -2.17. The Balaban J connectivity index is 1.61. The van der Waals surface area contributed by atoms with Gasteiger partial charge in [0.25, 0.3) is 5.91 Å². The van der Waals surface area contributed by atoms with Gasteiger partial charge in [0, 0.05) is 30.1 Å². The van der Waals surface area contributed by atoms with Crippen molar-refractivity contribution in [3.63, 3.8) is 0 Å². The van der Waals surface area contributed by atoms with Gasteiger partial charge >= 0.3 is 0 Å². The Morgan fingerprint density at radius 3 is 2.63 bits per heavy atom. The molecule has 6 heteroatoms. The molecule has 2 aromatic carbocycles. The number of carbonyl (C=O) groups excluding carboxylic acids is 1. The third-order valence-electron chi connectivity index (χ3n) is 4.40. The molecule has 27 heavy (non-hydrogen) atoms. The summed E-state index contributed by atoms with van der Waals surface area (Å²) in [5.41, 5.74) is 11.8. The lowest BCUT2D eigenvalue weighted by Gasteiger charge is -2.08. The van der Waals surface area contributed by atoms with E-state index in [-0.39, 0.29) is 5.91 Å². The zero-order valence-electron chi connectivity index (χ0n) is 15.7. The average Bonchev–Trinajstić information content (AvgIpc) is 3.11. The van der Waals surface area contributed by atoms with E-state index in [1.54, 1.807) is 42.6 Å². The number of ether oxygens (including phenoxy) is 1. The molecule has 0 aliphatic rings. The first-order valence-corrected chi connectivity index (χ1v) is 9.58. The van der Waals surface area contributed by atoms with E-state index >= 15 is 0 Å². The molecule has 0 fully saturated rings. The van der Waals surface area contributed by atoms with Gasteiger partial charge in [-0.2, -0.15) is 0 Å². The van der Waals surface area contributed by atoms with Gasteiger partial charge in [-0.3, -0.25) is 4.79 Å². The second-order valence-corrected chi connectivity index (χ2v) is 7.38. The van der Waals surface area contributed by atoms with Crippen LogP contribution in [0.25, 0.3) is 0 Å². The highest BCUT2D eigenvalue weighted by Crippen LogP contribution is 2.23. The Morgan fingerprint density at radius 1 is 1.19 bits per heavy atom. The van der Waals surface area contributed by atoms with Crippen LogP contribution >= 0.6 is 11.3 Å². The van der Waals surface area contributed by atoms with E-state index < -0.39 is 0 Å². The fraction of sp³-hybridized carbons (Fsp3) is 0.238. The Hall–Kier alpha value is -2.86. The predicted molar refractivity (Wildman–Crippen MR) is 109 cm³/mol. The normalized spacial score (nSPS) is 10.6. The van der Waals surface area contributed by atoms with E-state index in [0.29, 0.717) is 17.9 Å². The number of hydrogen-bond acceptors (Lipinski definition) is 5. The number of amides is 1. The van der Waals surface area contributed by atoms with E-state index in [0.717, 1.165) is 28.4 Å². The molecule has 0 unspecified atom stereocenters. The van der Waals surface area contributed by atoms with Gasteiger partial charge < -0.3 is 15.8 Å². The fourth-order valence-corrected chi connectivity index (χ4v) is 3.55. The zero-order chi connectivity index (χ0) is 19.4. The van der Waals surface area contributed by atoms with Crippen LogP contribution < -0.4 is 15.8 Å². The van der Waals surface area contributed by atoms with Crippen molar-refractivity contribution in [2.45, 2.75) is 26.9 Å².